The van der Waals surface area contributed by atoms with Gasteiger partial charge in [-0.15, -0.1) is 0 Å². The quantitative estimate of drug-likeness (QED) is 0.909. The van der Waals surface area contributed by atoms with E-state index in [0.717, 1.165) is 21.5 Å². The van der Waals surface area contributed by atoms with Crippen molar-refractivity contribution in [1.82, 2.24) is 0 Å². The molecule has 1 aromatic carbocycles. The van der Waals surface area contributed by atoms with Gasteiger partial charge < -0.3 is 15.2 Å². The Hall–Kier alpha value is -0.740. The van der Waals surface area contributed by atoms with Crippen molar-refractivity contribution in [2.24, 2.45) is 11.7 Å². The summed E-state index contributed by atoms with van der Waals surface area (Å²) in [6.07, 6.45) is 0. The predicted octanol–water partition coefficient (Wildman–Crippen LogP) is 2.88. The van der Waals surface area contributed by atoms with Crippen molar-refractivity contribution in [2.75, 3.05) is 13.2 Å². The molecule has 0 radical (unpaired) electrons. The number of ether oxygens (including phenoxy) is 2. The molecule has 1 atom stereocenters. The van der Waals surface area contributed by atoms with E-state index in [1.165, 1.54) is 0 Å². The minimum atomic E-state index is 0.00482. The summed E-state index contributed by atoms with van der Waals surface area (Å²) >= 11 is 3.53. The lowest BCUT2D eigenvalue weighted by atomic mass is 9.97. The molecule has 16 heavy (non-hydrogen) atoms. The van der Waals surface area contributed by atoms with Crippen LogP contribution in [-0.4, -0.2) is 13.2 Å². The average molecular weight is 286 g/mol. The van der Waals surface area contributed by atoms with Gasteiger partial charge >= 0.3 is 0 Å². The van der Waals surface area contributed by atoms with Crippen molar-refractivity contribution < 1.29 is 9.47 Å². The van der Waals surface area contributed by atoms with Gasteiger partial charge in [0.2, 0.25) is 0 Å². The number of nitrogens with two attached hydrogens (primary N) is 1. The summed E-state index contributed by atoms with van der Waals surface area (Å²) in [4.78, 5) is 0. The maximum Gasteiger partial charge on any atom is 0.162 e. The van der Waals surface area contributed by atoms with E-state index < -0.39 is 0 Å². The molecule has 0 amide bonds. The van der Waals surface area contributed by atoms with Crippen LogP contribution < -0.4 is 15.2 Å². The Bertz CT molecular complexity index is 393. The second-order valence-electron chi connectivity index (χ2n) is 4.29. The van der Waals surface area contributed by atoms with Crippen LogP contribution in [0.1, 0.15) is 25.5 Å². The molecule has 1 heterocycles. The molecule has 2 rings (SSSR count). The Morgan fingerprint density at radius 1 is 1.19 bits per heavy atom. The lowest BCUT2D eigenvalue weighted by Crippen LogP contribution is -2.19. The lowest BCUT2D eigenvalue weighted by Gasteiger charge is -2.23. The molecular weight excluding hydrogens is 270 g/mol. The summed E-state index contributed by atoms with van der Waals surface area (Å²) < 4.78 is 12.0. The van der Waals surface area contributed by atoms with E-state index in [1.807, 2.05) is 12.1 Å². The fraction of sp³-hybridized carbons (Fsp3) is 0.500. The third kappa shape index (κ3) is 2.18. The molecule has 2 N–H and O–H groups in total. The molecule has 0 bridgehead atoms. The monoisotopic (exact) mass is 285 g/mol. The van der Waals surface area contributed by atoms with Crippen LogP contribution in [0.4, 0.5) is 0 Å². The van der Waals surface area contributed by atoms with Gasteiger partial charge in [-0.1, -0.05) is 29.8 Å². The van der Waals surface area contributed by atoms with Gasteiger partial charge in [-0.3, -0.25) is 0 Å². The van der Waals surface area contributed by atoms with E-state index in [-0.39, 0.29) is 6.04 Å². The summed E-state index contributed by atoms with van der Waals surface area (Å²) in [5.41, 5.74) is 7.21. The molecule has 1 aromatic rings. The van der Waals surface area contributed by atoms with Crippen LogP contribution in [0, 0.1) is 5.92 Å². The number of rotatable bonds is 2. The molecule has 4 heteroatoms. The highest BCUT2D eigenvalue weighted by Gasteiger charge is 2.19. The van der Waals surface area contributed by atoms with Crippen LogP contribution in [0.5, 0.6) is 11.5 Å². The van der Waals surface area contributed by atoms with Crippen molar-refractivity contribution in [3.63, 3.8) is 0 Å². The summed E-state index contributed by atoms with van der Waals surface area (Å²) in [5, 5.41) is 0. The molecule has 1 aliphatic rings. The van der Waals surface area contributed by atoms with E-state index in [2.05, 4.69) is 29.8 Å². The average Bonchev–Trinajstić information content (AvgIpc) is 2.27. The van der Waals surface area contributed by atoms with E-state index in [1.54, 1.807) is 0 Å². The maximum atomic E-state index is 6.15. The molecule has 3 nitrogen and oxygen atoms in total. The molecule has 88 valence electrons. The van der Waals surface area contributed by atoms with E-state index in [9.17, 15) is 0 Å². The van der Waals surface area contributed by atoms with Crippen LogP contribution in [-0.2, 0) is 0 Å². The van der Waals surface area contributed by atoms with Gasteiger partial charge in [0.15, 0.2) is 11.5 Å². The lowest BCUT2D eigenvalue weighted by molar-refractivity contribution is 0.171. The molecule has 0 saturated carbocycles. The maximum absolute atomic E-state index is 6.15. The van der Waals surface area contributed by atoms with E-state index in [4.69, 9.17) is 15.2 Å². The third-order valence-electron chi connectivity index (χ3n) is 2.74. The van der Waals surface area contributed by atoms with Gasteiger partial charge in [0.25, 0.3) is 0 Å². The Morgan fingerprint density at radius 2 is 1.75 bits per heavy atom. The summed E-state index contributed by atoms with van der Waals surface area (Å²) in [6.45, 7) is 5.42. The van der Waals surface area contributed by atoms with Gasteiger partial charge in [0, 0.05) is 10.5 Å². The molecule has 0 aromatic heterocycles. The third-order valence-corrected chi connectivity index (χ3v) is 3.43. The first kappa shape index (κ1) is 11.7. The second-order valence-corrected chi connectivity index (χ2v) is 5.14. The van der Waals surface area contributed by atoms with Gasteiger partial charge in [-0.05, 0) is 23.6 Å². The molecular formula is C12H16BrNO2. The normalized spacial score (nSPS) is 16.3. The van der Waals surface area contributed by atoms with Crippen molar-refractivity contribution in [1.29, 1.82) is 0 Å². The number of hydrogen-bond donors (Lipinski definition) is 1. The van der Waals surface area contributed by atoms with Crippen LogP contribution in [0.3, 0.4) is 0 Å². The number of benzene rings is 1. The number of hydrogen-bond acceptors (Lipinski definition) is 3. The molecule has 1 aliphatic heterocycles. The zero-order valence-corrected chi connectivity index (χ0v) is 11.1. The molecule has 0 aliphatic carbocycles. The summed E-state index contributed by atoms with van der Waals surface area (Å²) in [7, 11) is 0. The van der Waals surface area contributed by atoms with Crippen molar-refractivity contribution in [3.05, 3.63) is 22.2 Å². The van der Waals surface area contributed by atoms with Crippen LogP contribution in [0.15, 0.2) is 16.6 Å². The largest absolute Gasteiger partial charge is 0.486 e. The van der Waals surface area contributed by atoms with Crippen LogP contribution in [0.25, 0.3) is 0 Å². The molecule has 0 fully saturated rings. The number of halogens is 1. The van der Waals surface area contributed by atoms with E-state index in [0.29, 0.717) is 19.1 Å². The van der Waals surface area contributed by atoms with Crippen molar-refractivity contribution >= 4 is 15.9 Å². The van der Waals surface area contributed by atoms with Crippen molar-refractivity contribution in [3.8, 4) is 11.5 Å². The Kier molecular flexibility index (Phi) is 3.40. The van der Waals surface area contributed by atoms with Gasteiger partial charge in [0.1, 0.15) is 13.2 Å². The SMILES string of the molecule is CC(C)C(N)c1cc2c(cc1Br)OCCO2. The first-order valence-electron chi connectivity index (χ1n) is 5.44. The van der Waals surface area contributed by atoms with Crippen LogP contribution >= 0.6 is 15.9 Å². The first-order chi connectivity index (χ1) is 7.59. The van der Waals surface area contributed by atoms with Gasteiger partial charge in [-0.2, -0.15) is 0 Å². The van der Waals surface area contributed by atoms with Crippen LogP contribution in [0.2, 0.25) is 0 Å². The standard InChI is InChI=1S/C12H16BrNO2/c1-7(2)12(14)8-5-10-11(6-9(8)13)16-4-3-15-10/h5-7,12H,3-4,14H2,1-2H3. The Morgan fingerprint density at radius 3 is 2.31 bits per heavy atom. The zero-order valence-electron chi connectivity index (χ0n) is 9.50. The minimum Gasteiger partial charge on any atom is -0.486 e. The smallest absolute Gasteiger partial charge is 0.162 e. The van der Waals surface area contributed by atoms with E-state index >= 15 is 0 Å². The Balaban J connectivity index is 2.39. The first-order valence-corrected chi connectivity index (χ1v) is 6.23. The van der Waals surface area contributed by atoms with Gasteiger partial charge in [-0.25, -0.2) is 0 Å². The highest BCUT2D eigenvalue weighted by Crippen LogP contribution is 2.38. The fourth-order valence-electron chi connectivity index (χ4n) is 1.69. The predicted molar refractivity (Wildman–Crippen MR) is 66.9 cm³/mol. The van der Waals surface area contributed by atoms with Gasteiger partial charge in [0.05, 0.1) is 0 Å². The molecule has 1 unspecified atom stereocenters. The van der Waals surface area contributed by atoms with Crippen molar-refractivity contribution in [2.45, 2.75) is 19.9 Å². The minimum absolute atomic E-state index is 0.00482. The Labute approximate surface area is 104 Å². The highest BCUT2D eigenvalue weighted by atomic mass is 79.9. The second kappa shape index (κ2) is 4.63. The summed E-state index contributed by atoms with van der Waals surface area (Å²) in [6, 6.07) is 3.92. The molecule has 0 saturated heterocycles. The summed E-state index contributed by atoms with van der Waals surface area (Å²) in [5.74, 6) is 1.97. The molecule has 0 spiro atoms. The number of fused-ring (bicyclic) bond motifs is 1. The fourth-order valence-corrected chi connectivity index (χ4v) is 2.28. The zero-order chi connectivity index (χ0) is 11.7. The topological polar surface area (TPSA) is 44.5 Å². The highest BCUT2D eigenvalue weighted by molar-refractivity contribution is 9.10.